The highest BCUT2D eigenvalue weighted by Crippen LogP contribution is 2.38. The van der Waals surface area contributed by atoms with Gasteiger partial charge in [0.2, 0.25) is 5.91 Å². The van der Waals surface area contributed by atoms with E-state index < -0.39 is 5.41 Å². The lowest BCUT2D eigenvalue weighted by Crippen LogP contribution is -2.52. The number of rotatable bonds is 7. The van der Waals surface area contributed by atoms with E-state index in [9.17, 15) is 4.79 Å². The molecule has 1 aliphatic carbocycles. The van der Waals surface area contributed by atoms with E-state index >= 15 is 0 Å². The molecule has 4 nitrogen and oxygen atoms in total. The van der Waals surface area contributed by atoms with Crippen LogP contribution < -0.4 is 5.73 Å². The first-order valence-corrected chi connectivity index (χ1v) is 8.09. The number of carbonyl (C=O) groups is 1. The number of nitrogens with two attached hydrogens (primary N) is 1. The van der Waals surface area contributed by atoms with E-state index in [2.05, 4.69) is 11.8 Å². The van der Waals surface area contributed by atoms with Gasteiger partial charge in [0.05, 0.1) is 10.4 Å². The Kier molecular flexibility index (Phi) is 6.89. The van der Waals surface area contributed by atoms with Gasteiger partial charge in [-0.15, -0.1) is 0 Å². The molecule has 116 valence electrons. The van der Waals surface area contributed by atoms with E-state index in [1.807, 2.05) is 19.0 Å². The average Bonchev–Trinajstić information content (AvgIpc) is 2.43. The Morgan fingerprint density at radius 3 is 2.20 bits per heavy atom. The molecule has 0 aliphatic heterocycles. The monoisotopic (exact) mass is 299 g/mol. The molecule has 1 aliphatic rings. The molecule has 0 saturated heterocycles. The lowest BCUT2D eigenvalue weighted by atomic mass is 9.73. The second kappa shape index (κ2) is 7.93. The summed E-state index contributed by atoms with van der Waals surface area (Å²) in [4.78, 5) is 17.5. The van der Waals surface area contributed by atoms with Gasteiger partial charge in [0.1, 0.15) is 0 Å². The number of carbonyl (C=O) groups excluding carboxylic acids is 1. The highest BCUT2D eigenvalue weighted by Gasteiger charge is 2.44. The van der Waals surface area contributed by atoms with E-state index in [-0.39, 0.29) is 5.91 Å². The maximum absolute atomic E-state index is 13.0. The van der Waals surface area contributed by atoms with Crippen LogP contribution in [0.5, 0.6) is 0 Å². The van der Waals surface area contributed by atoms with Gasteiger partial charge in [-0.2, -0.15) is 0 Å². The molecule has 0 aromatic carbocycles. The van der Waals surface area contributed by atoms with Gasteiger partial charge in [-0.3, -0.25) is 4.79 Å². The fourth-order valence-electron chi connectivity index (χ4n) is 2.93. The largest absolute Gasteiger partial charge is 0.392 e. The number of thiocarbonyl (C=S) groups is 1. The fourth-order valence-corrected chi connectivity index (χ4v) is 3.22. The van der Waals surface area contributed by atoms with Crippen LogP contribution in [0, 0.1) is 5.41 Å². The lowest BCUT2D eigenvalue weighted by molar-refractivity contribution is -0.140. The highest BCUT2D eigenvalue weighted by atomic mass is 32.1. The third kappa shape index (κ3) is 4.16. The normalized spacial score (nSPS) is 18.0. The minimum atomic E-state index is -0.574. The summed E-state index contributed by atoms with van der Waals surface area (Å²) in [5.74, 6) is 0.161. The Bertz CT molecular complexity index is 338. The predicted octanol–water partition coefficient (Wildman–Crippen LogP) is 2.02. The van der Waals surface area contributed by atoms with Crippen molar-refractivity contribution in [2.24, 2.45) is 11.1 Å². The van der Waals surface area contributed by atoms with Crippen molar-refractivity contribution in [1.29, 1.82) is 0 Å². The topological polar surface area (TPSA) is 49.6 Å². The van der Waals surface area contributed by atoms with Crippen molar-refractivity contribution in [3.63, 3.8) is 0 Å². The van der Waals surface area contributed by atoms with Crippen molar-refractivity contribution in [2.45, 2.75) is 45.4 Å². The summed E-state index contributed by atoms with van der Waals surface area (Å²) < 4.78 is 0. The molecule has 0 unspecified atom stereocenters. The molecule has 0 radical (unpaired) electrons. The zero-order chi connectivity index (χ0) is 15.2. The van der Waals surface area contributed by atoms with Gasteiger partial charge < -0.3 is 15.5 Å². The van der Waals surface area contributed by atoms with E-state index in [1.54, 1.807) is 0 Å². The van der Waals surface area contributed by atoms with Crippen LogP contribution in [0.15, 0.2) is 0 Å². The first-order valence-electron chi connectivity index (χ1n) is 7.68. The highest BCUT2D eigenvalue weighted by molar-refractivity contribution is 7.80. The summed E-state index contributed by atoms with van der Waals surface area (Å²) in [5, 5.41) is 0. The molecule has 0 atom stereocenters. The molecule has 20 heavy (non-hydrogen) atoms. The maximum Gasteiger partial charge on any atom is 0.235 e. The summed E-state index contributed by atoms with van der Waals surface area (Å²) in [6, 6.07) is 0. The van der Waals surface area contributed by atoms with E-state index in [1.165, 1.54) is 6.42 Å². The van der Waals surface area contributed by atoms with Crippen molar-refractivity contribution < 1.29 is 4.79 Å². The molecule has 5 heteroatoms. The third-order valence-corrected chi connectivity index (χ3v) is 4.58. The second-order valence-electron chi connectivity index (χ2n) is 6.10. The lowest BCUT2D eigenvalue weighted by Gasteiger charge is -2.39. The molecule has 0 aromatic rings. The quantitative estimate of drug-likeness (QED) is 0.731. The summed E-state index contributed by atoms with van der Waals surface area (Å²) in [5.41, 5.74) is 5.39. The van der Waals surface area contributed by atoms with Crippen molar-refractivity contribution in [3.8, 4) is 0 Å². The fraction of sp³-hybridized carbons (Fsp3) is 0.867. The van der Waals surface area contributed by atoms with Crippen LogP contribution in [-0.2, 0) is 4.79 Å². The molecule has 1 fully saturated rings. The molecule has 1 saturated carbocycles. The van der Waals surface area contributed by atoms with Crippen LogP contribution in [0.3, 0.4) is 0 Å². The van der Waals surface area contributed by atoms with Crippen LogP contribution in [-0.4, -0.2) is 54.4 Å². The Morgan fingerprint density at radius 2 is 1.75 bits per heavy atom. The van der Waals surface area contributed by atoms with Gasteiger partial charge >= 0.3 is 0 Å². The van der Waals surface area contributed by atoms with Crippen molar-refractivity contribution in [2.75, 3.05) is 33.7 Å². The van der Waals surface area contributed by atoms with Gasteiger partial charge in [-0.05, 0) is 33.4 Å². The third-order valence-electron chi connectivity index (χ3n) is 4.19. The number of amides is 1. The maximum atomic E-state index is 13.0. The SMILES string of the molecule is CCCN(CCN(C)C)C(=O)C1(C(N)=S)CCCCC1. The Labute approximate surface area is 128 Å². The smallest absolute Gasteiger partial charge is 0.235 e. The van der Waals surface area contributed by atoms with Gasteiger partial charge in [0, 0.05) is 19.6 Å². The number of nitrogens with zero attached hydrogens (tertiary/aromatic N) is 2. The molecular formula is C15H29N3OS. The summed E-state index contributed by atoms with van der Waals surface area (Å²) in [6.07, 6.45) is 5.90. The number of hydrogen-bond donors (Lipinski definition) is 1. The van der Waals surface area contributed by atoms with Crippen LogP contribution in [0.2, 0.25) is 0 Å². The van der Waals surface area contributed by atoms with Crippen LogP contribution >= 0.6 is 12.2 Å². The van der Waals surface area contributed by atoms with Crippen molar-refractivity contribution in [3.05, 3.63) is 0 Å². The first kappa shape index (κ1) is 17.4. The standard InChI is InChI=1S/C15H29N3OS/c1-4-10-18(12-11-17(2)3)14(19)15(13(16)20)8-6-5-7-9-15/h4-12H2,1-3H3,(H2,16,20). The van der Waals surface area contributed by atoms with Gasteiger partial charge in [-0.25, -0.2) is 0 Å². The van der Waals surface area contributed by atoms with Gasteiger partial charge in [-0.1, -0.05) is 38.4 Å². The van der Waals surface area contributed by atoms with Crippen LogP contribution in [0.25, 0.3) is 0 Å². The first-order chi connectivity index (χ1) is 9.44. The Morgan fingerprint density at radius 1 is 1.15 bits per heavy atom. The molecule has 1 amide bonds. The summed E-state index contributed by atoms with van der Waals surface area (Å²) in [6.45, 7) is 4.52. The van der Waals surface area contributed by atoms with Crippen LogP contribution in [0.1, 0.15) is 45.4 Å². The van der Waals surface area contributed by atoms with Crippen molar-refractivity contribution in [1.82, 2.24) is 9.80 Å². The van der Waals surface area contributed by atoms with Gasteiger partial charge in [0.15, 0.2) is 0 Å². The molecular weight excluding hydrogens is 270 g/mol. The minimum Gasteiger partial charge on any atom is -0.392 e. The molecule has 2 N–H and O–H groups in total. The molecule has 0 bridgehead atoms. The average molecular weight is 299 g/mol. The van der Waals surface area contributed by atoms with E-state index in [4.69, 9.17) is 18.0 Å². The van der Waals surface area contributed by atoms with Gasteiger partial charge in [0.25, 0.3) is 0 Å². The van der Waals surface area contributed by atoms with E-state index in [0.29, 0.717) is 4.99 Å². The number of likely N-dealkylation sites (N-methyl/N-ethyl adjacent to an activating group) is 1. The second-order valence-corrected chi connectivity index (χ2v) is 6.54. The van der Waals surface area contributed by atoms with E-state index in [0.717, 1.165) is 51.7 Å². The Balaban J connectivity index is 2.85. The Hall–Kier alpha value is -0.680. The summed E-state index contributed by atoms with van der Waals surface area (Å²) in [7, 11) is 4.05. The zero-order valence-corrected chi connectivity index (χ0v) is 14.0. The van der Waals surface area contributed by atoms with Crippen LogP contribution in [0.4, 0.5) is 0 Å². The minimum absolute atomic E-state index is 0.161. The molecule has 0 spiro atoms. The summed E-state index contributed by atoms with van der Waals surface area (Å²) >= 11 is 5.26. The van der Waals surface area contributed by atoms with Crippen molar-refractivity contribution >= 4 is 23.1 Å². The molecule has 1 rings (SSSR count). The number of hydrogen-bond acceptors (Lipinski definition) is 3. The molecule has 0 aromatic heterocycles. The molecule has 0 heterocycles. The zero-order valence-electron chi connectivity index (χ0n) is 13.2. The predicted molar refractivity (Wildman–Crippen MR) is 87.7 cm³/mol.